The number of ketones is 1. The average molecular weight is 260 g/mol. The number of fused-ring (bicyclic) bond motifs is 2. The van der Waals surface area contributed by atoms with Crippen molar-refractivity contribution in [3.05, 3.63) is 23.3 Å². The van der Waals surface area contributed by atoms with Gasteiger partial charge in [0.2, 0.25) is 0 Å². The van der Waals surface area contributed by atoms with Gasteiger partial charge in [-0.1, -0.05) is 0 Å². The number of Topliss-reactive ketones (excluding diaryl/α,β-unsaturated/α-hetero) is 1. The molecule has 7 heteroatoms. The molecule has 0 unspecified atom stereocenters. The Hall–Kier alpha value is -2.31. The molecule has 1 aliphatic carbocycles. The Bertz CT molecular complexity index is 677. The van der Waals surface area contributed by atoms with E-state index in [0.29, 0.717) is 23.6 Å². The minimum atomic E-state index is -0.406. The van der Waals surface area contributed by atoms with Crippen LogP contribution in [0.5, 0.6) is 0 Å². The molecule has 0 spiro atoms. The average Bonchev–Trinajstić information content (AvgIpc) is 2.78. The second-order valence-electron chi connectivity index (χ2n) is 4.40. The van der Waals surface area contributed by atoms with Gasteiger partial charge in [0.25, 0.3) is 5.78 Å². The van der Waals surface area contributed by atoms with Gasteiger partial charge in [0.1, 0.15) is 6.42 Å². The number of ether oxygens (including phenoxy) is 1. The van der Waals surface area contributed by atoms with Crippen LogP contribution in [0.15, 0.2) is 6.20 Å². The first-order valence-electron chi connectivity index (χ1n) is 6.02. The molecule has 3 rings (SSSR count). The Morgan fingerprint density at radius 3 is 3.05 bits per heavy atom. The number of aryl methyl sites for hydroxylation is 1. The van der Waals surface area contributed by atoms with E-state index in [1.807, 2.05) is 0 Å². The van der Waals surface area contributed by atoms with Crippen LogP contribution in [-0.2, 0) is 22.4 Å². The standard InChI is InChI=1S/C12H12N4O3/c1-19-11(18)5-10-14-12-13-8-3-2-4-9(17)7(8)6-16(12)15-10/h6H,2-5H2,1H3. The number of esters is 1. The van der Waals surface area contributed by atoms with Crippen molar-refractivity contribution in [3.8, 4) is 0 Å². The van der Waals surface area contributed by atoms with Gasteiger partial charge in [0.05, 0.1) is 18.4 Å². The van der Waals surface area contributed by atoms with Gasteiger partial charge in [-0.3, -0.25) is 9.59 Å². The van der Waals surface area contributed by atoms with E-state index < -0.39 is 5.97 Å². The van der Waals surface area contributed by atoms with E-state index in [0.717, 1.165) is 18.5 Å². The summed E-state index contributed by atoms with van der Waals surface area (Å²) in [4.78, 5) is 31.5. The van der Waals surface area contributed by atoms with Crippen molar-refractivity contribution >= 4 is 17.5 Å². The molecule has 0 atom stereocenters. The van der Waals surface area contributed by atoms with Crippen molar-refractivity contribution < 1.29 is 14.3 Å². The summed E-state index contributed by atoms with van der Waals surface area (Å²) in [7, 11) is 1.31. The van der Waals surface area contributed by atoms with Gasteiger partial charge in [-0.15, -0.1) is 5.10 Å². The van der Waals surface area contributed by atoms with Gasteiger partial charge in [0.15, 0.2) is 11.6 Å². The number of hydrogen-bond acceptors (Lipinski definition) is 6. The van der Waals surface area contributed by atoms with Crippen molar-refractivity contribution in [1.82, 2.24) is 19.6 Å². The van der Waals surface area contributed by atoms with Gasteiger partial charge < -0.3 is 4.74 Å². The molecule has 98 valence electrons. The van der Waals surface area contributed by atoms with Crippen LogP contribution < -0.4 is 0 Å². The zero-order valence-corrected chi connectivity index (χ0v) is 10.4. The molecule has 0 fully saturated rings. The van der Waals surface area contributed by atoms with Crippen LogP contribution in [0.2, 0.25) is 0 Å². The summed E-state index contributed by atoms with van der Waals surface area (Å²) in [5.74, 6) is 0.430. The third kappa shape index (κ3) is 2.07. The second-order valence-corrected chi connectivity index (χ2v) is 4.40. The first-order chi connectivity index (χ1) is 9.17. The fourth-order valence-corrected chi connectivity index (χ4v) is 2.15. The first kappa shape index (κ1) is 11.8. The number of carbonyl (C=O) groups is 2. The molecule has 0 radical (unpaired) electrons. The molecule has 2 aromatic rings. The highest BCUT2D eigenvalue weighted by Crippen LogP contribution is 2.19. The highest BCUT2D eigenvalue weighted by molar-refractivity contribution is 5.97. The molecule has 2 heterocycles. The van der Waals surface area contributed by atoms with Crippen LogP contribution in [0.25, 0.3) is 5.78 Å². The molecular weight excluding hydrogens is 248 g/mol. The molecular formula is C12H12N4O3. The lowest BCUT2D eigenvalue weighted by Crippen LogP contribution is -2.14. The van der Waals surface area contributed by atoms with Crippen LogP contribution in [0, 0.1) is 0 Å². The van der Waals surface area contributed by atoms with Gasteiger partial charge in [-0.25, -0.2) is 9.50 Å². The molecule has 19 heavy (non-hydrogen) atoms. The van der Waals surface area contributed by atoms with E-state index in [2.05, 4.69) is 19.8 Å². The summed E-state index contributed by atoms with van der Waals surface area (Å²) >= 11 is 0. The third-order valence-electron chi connectivity index (χ3n) is 3.10. The summed E-state index contributed by atoms with van der Waals surface area (Å²) in [5, 5.41) is 4.13. The first-order valence-corrected chi connectivity index (χ1v) is 6.02. The SMILES string of the molecule is COC(=O)Cc1nc2nc3c(cn2n1)C(=O)CCC3. The lowest BCUT2D eigenvalue weighted by atomic mass is 9.96. The lowest BCUT2D eigenvalue weighted by Gasteiger charge is -2.12. The second kappa shape index (κ2) is 4.42. The quantitative estimate of drug-likeness (QED) is 0.724. The Balaban J connectivity index is 2.03. The fourth-order valence-electron chi connectivity index (χ4n) is 2.15. The minimum absolute atomic E-state index is 0.00151. The minimum Gasteiger partial charge on any atom is -0.469 e. The molecule has 0 N–H and O–H groups in total. The fraction of sp³-hybridized carbons (Fsp3) is 0.417. The topological polar surface area (TPSA) is 86.4 Å². The van der Waals surface area contributed by atoms with E-state index >= 15 is 0 Å². The zero-order valence-electron chi connectivity index (χ0n) is 10.4. The van der Waals surface area contributed by atoms with Gasteiger partial charge in [0, 0.05) is 12.6 Å². The summed E-state index contributed by atoms with van der Waals surface area (Å²) in [6, 6.07) is 0. The molecule has 0 bridgehead atoms. The lowest BCUT2D eigenvalue weighted by molar-refractivity contribution is -0.139. The van der Waals surface area contributed by atoms with Crippen LogP contribution in [0.4, 0.5) is 0 Å². The maximum absolute atomic E-state index is 11.8. The number of hydrogen-bond donors (Lipinski definition) is 0. The molecule has 0 aromatic carbocycles. The van der Waals surface area contributed by atoms with E-state index in [9.17, 15) is 9.59 Å². The predicted octanol–water partition coefficient (Wildman–Crippen LogP) is 0.359. The van der Waals surface area contributed by atoms with E-state index in [1.165, 1.54) is 11.6 Å². The maximum Gasteiger partial charge on any atom is 0.313 e. The highest BCUT2D eigenvalue weighted by Gasteiger charge is 2.21. The third-order valence-corrected chi connectivity index (χ3v) is 3.10. The van der Waals surface area contributed by atoms with Crippen molar-refractivity contribution in [1.29, 1.82) is 0 Å². The van der Waals surface area contributed by atoms with Gasteiger partial charge in [-0.2, -0.15) is 4.98 Å². The number of methoxy groups -OCH3 is 1. The Morgan fingerprint density at radius 1 is 1.42 bits per heavy atom. The van der Waals surface area contributed by atoms with Crippen molar-refractivity contribution in [2.75, 3.05) is 7.11 Å². The summed E-state index contributed by atoms with van der Waals surface area (Å²) < 4.78 is 6.01. The predicted molar refractivity (Wildman–Crippen MR) is 63.8 cm³/mol. The van der Waals surface area contributed by atoms with Crippen LogP contribution in [-0.4, -0.2) is 38.4 Å². The smallest absolute Gasteiger partial charge is 0.313 e. The van der Waals surface area contributed by atoms with Crippen molar-refractivity contribution in [2.24, 2.45) is 0 Å². The number of aromatic nitrogens is 4. The Morgan fingerprint density at radius 2 is 2.26 bits per heavy atom. The summed E-state index contributed by atoms with van der Waals surface area (Å²) in [6.07, 6.45) is 3.78. The largest absolute Gasteiger partial charge is 0.469 e. The van der Waals surface area contributed by atoms with E-state index in [-0.39, 0.29) is 12.2 Å². The number of nitrogens with zero attached hydrogens (tertiary/aromatic N) is 4. The van der Waals surface area contributed by atoms with Crippen LogP contribution >= 0.6 is 0 Å². The Kier molecular flexibility index (Phi) is 2.73. The number of carbonyl (C=O) groups excluding carboxylic acids is 2. The summed E-state index contributed by atoms with van der Waals surface area (Å²) in [5.41, 5.74) is 1.37. The molecule has 0 amide bonds. The molecule has 0 saturated carbocycles. The summed E-state index contributed by atoms with van der Waals surface area (Å²) in [6.45, 7) is 0. The maximum atomic E-state index is 11.8. The van der Waals surface area contributed by atoms with E-state index in [1.54, 1.807) is 6.20 Å². The van der Waals surface area contributed by atoms with Gasteiger partial charge in [-0.05, 0) is 12.8 Å². The normalized spacial score (nSPS) is 14.5. The zero-order chi connectivity index (χ0) is 13.4. The molecule has 0 aliphatic heterocycles. The van der Waals surface area contributed by atoms with E-state index in [4.69, 9.17) is 0 Å². The monoisotopic (exact) mass is 260 g/mol. The van der Waals surface area contributed by atoms with Crippen LogP contribution in [0.1, 0.15) is 34.7 Å². The van der Waals surface area contributed by atoms with Crippen molar-refractivity contribution in [2.45, 2.75) is 25.7 Å². The molecule has 2 aromatic heterocycles. The van der Waals surface area contributed by atoms with Gasteiger partial charge >= 0.3 is 5.97 Å². The Labute approximate surface area is 108 Å². The number of rotatable bonds is 2. The molecule has 1 aliphatic rings. The van der Waals surface area contributed by atoms with Crippen molar-refractivity contribution in [3.63, 3.8) is 0 Å². The molecule has 7 nitrogen and oxygen atoms in total. The van der Waals surface area contributed by atoms with Crippen LogP contribution in [0.3, 0.4) is 0 Å². The molecule has 0 saturated heterocycles. The highest BCUT2D eigenvalue weighted by atomic mass is 16.5.